The van der Waals surface area contributed by atoms with E-state index in [9.17, 15) is 26.4 Å². The summed E-state index contributed by atoms with van der Waals surface area (Å²) in [4.78, 5) is 12.6. The number of alkyl halides is 3. The van der Waals surface area contributed by atoms with Crippen molar-refractivity contribution < 1.29 is 35.9 Å². The Kier molecular flexibility index (Phi) is 6.34. The molecule has 0 aliphatic carbocycles. The maximum Gasteiger partial charge on any atom is 0.418 e. The lowest BCUT2D eigenvalue weighted by atomic mass is 10.1. The van der Waals surface area contributed by atoms with E-state index in [4.69, 9.17) is 9.47 Å². The lowest BCUT2D eigenvalue weighted by molar-refractivity contribution is -0.136. The van der Waals surface area contributed by atoms with Crippen LogP contribution in [0.2, 0.25) is 0 Å². The van der Waals surface area contributed by atoms with Crippen LogP contribution in [0.4, 0.5) is 18.9 Å². The monoisotopic (exact) mass is 444 g/mol. The number of carbonyl (C=O) groups excluding carboxylic acids is 1. The first kappa shape index (κ1) is 22.1. The highest BCUT2D eigenvalue weighted by Crippen LogP contribution is 2.35. The second-order valence-electron chi connectivity index (χ2n) is 6.38. The van der Waals surface area contributed by atoms with Gasteiger partial charge in [0.2, 0.25) is 10.0 Å². The third-order valence-corrected chi connectivity index (χ3v) is 6.40. The molecule has 0 saturated carbocycles. The van der Waals surface area contributed by atoms with Crippen LogP contribution >= 0.6 is 0 Å². The van der Waals surface area contributed by atoms with Gasteiger partial charge in [-0.15, -0.1) is 0 Å². The molecule has 162 valence electrons. The van der Waals surface area contributed by atoms with Crippen molar-refractivity contribution in [3.05, 3.63) is 53.6 Å². The molecule has 0 spiro atoms. The molecule has 0 unspecified atom stereocenters. The van der Waals surface area contributed by atoms with E-state index in [1.54, 1.807) is 0 Å². The molecule has 0 atom stereocenters. The van der Waals surface area contributed by atoms with E-state index in [0.29, 0.717) is 0 Å². The Morgan fingerprint density at radius 1 is 1.13 bits per heavy atom. The van der Waals surface area contributed by atoms with Crippen molar-refractivity contribution in [2.24, 2.45) is 0 Å². The van der Waals surface area contributed by atoms with Crippen LogP contribution in [0.1, 0.15) is 15.9 Å². The number of benzene rings is 2. The number of amides is 1. The smallest absolute Gasteiger partial charge is 0.418 e. The Hall–Kier alpha value is -2.63. The van der Waals surface area contributed by atoms with Gasteiger partial charge in [0.1, 0.15) is 5.75 Å². The fourth-order valence-electron chi connectivity index (χ4n) is 2.99. The molecule has 1 saturated heterocycles. The third kappa shape index (κ3) is 4.58. The number of nitrogens with one attached hydrogen (secondary N) is 1. The lowest BCUT2D eigenvalue weighted by Gasteiger charge is -2.26. The van der Waals surface area contributed by atoms with Crippen LogP contribution < -0.4 is 10.1 Å². The Morgan fingerprint density at radius 2 is 1.80 bits per heavy atom. The molecule has 7 nitrogen and oxygen atoms in total. The molecule has 1 aliphatic rings. The van der Waals surface area contributed by atoms with Crippen LogP contribution in [-0.2, 0) is 20.9 Å². The van der Waals surface area contributed by atoms with Crippen LogP contribution in [0.25, 0.3) is 0 Å². The van der Waals surface area contributed by atoms with Crippen LogP contribution in [0.5, 0.6) is 5.75 Å². The predicted octanol–water partition coefficient (Wildman–Crippen LogP) is 2.99. The Bertz CT molecular complexity index is 1030. The van der Waals surface area contributed by atoms with E-state index in [0.717, 1.165) is 18.2 Å². The highest BCUT2D eigenvalue weighted by atomic mass is 32.2. The largest absolute Gasteiger partial charge is 0.496 e. The number of carbonyl (C=O) groups is 1. The first-order valence-electron chi connectivity index (χ1n) is 8.88. The summed E-state index contributed by atoms with van der Waals surface area (Å²) in [5.41, 5.74) is -1.67. The standard InChI is InChI=1S/C19H19F3N2O5S/c1-28-17-7-6-13(30(26,27)24-8-10-29-11-9-24)12-14(17)18(25)23-16-5-3-2-4-15(16)19(20,21)22/h2-7,12H,8-11H2,1H3,(H,23,25). The Morgan fingerprint density at radius 3 is 2.43 bits per heavy atom. The van der Waals surface area contributed by atoms with Gasteiger partial charge in [0.15, 0.2) is 0 Å². The minimum Gasteiger partial charge on any atom is -0.496 e. The summed E-state index contributed by atoms with van der Waals surface area (Å²) in [7, 11) is -2.64. The number of morpholine rings is 1. The van der Waals surface area contributed by atoms with E-state index < -0.39 is 33.4 Å². The van der Waals surface area contributed by atoms with Gasteiger partial charge >= 0.3 is 6.18 Å². The molecule has 2 aromatic carbocycles. The molecule has 0 bridgehead atoms. The molecule has 1 heterocycles. The molecule has 1 fully saturated rings. The normalized spacial score (nSPS) is 15.6. The van der Waals surface area contributed by atoms with Gasteiger partial charge in [-0.1, -0.05) is 12.1 Å². The second kappa shape index (κ2) is 8.62. The second-order valence-corrected chi connectivity index (χ2v) is 8.31. The maximum atomic E-state index is 13.2. The SMILES string of the molecule is COc1ccc(S(=O)(=O)N2CCOCC2)cc1C(=O)Nc1ccccc1C(F)(F)F. The van der Waals surface area contributed by atoms with E-state index in [2.05, 4.69) is 5.32 Å². The molecule has 11 heteroatoms. The zero-order valence-electron chi connectivity index (χ0n) is 15.9. The lowest BCUT2D eigenvalue weighted by Crippen LogP contribution is -2.40. The summed E-state index contributed by atoms with van der Waals surface area (Å²) in [5, 5.41) is 2.20. The average molecular weight is 444 g/mol. The summed E-state index contributed by atoms with van der Waals surface area (Å²) < 4.78 is 76.8. The fourth-order valence-corrected chi connectivity index (χ4v) is 4.42. The molecule has 2 aromatic rings. The number of para-hydroxylation sites is 1. The number of sulfonamides is 1. The van der Waals surface area contributed by atoms with Crippen molar-refractivity contribution in [2.45, 2.75) is 11.1 Å². The number of anilines is 1. The van der Waals surface area contributed by atoms with E-state index >= 15 is 0 Å². The van der Waals surface area contributed by atoms with Crippen molar-refractivity contribution in [3.8, 4) is 5.75 Å². The first-order valence-corrected chi connectivity index (χ1v) is 10.3. The highest BCUT2D eigenvalue weighted by Gasteiger charge is 2.34. The van der Waals surface area contributed by atoms with Gasteiger partial charge in [0.25, 0.3) is 5.91 Å². The zero-order valence-corrected chi connectivity index (χ0v) is 16.7. The first-order chi connectivity index (χ1) is 14.1. The summed E-state index contributed by atoms with van der Waals surface area (Å²) in [6.45, 7) is 0.817. The average Bonchev–Trinajstić information content (AvgIpc) is 2.73. The minimum atomic E-state index is -4.67. The summed E-state index contributed by atoms with van der Waals surface area (Å²) in [5.74, 6) is -0.902. The number of rotatable bonds is 5. The molecule has 3 rings (SSSR count). The van der Waals surface area contributed by atoms with Gasteiger partial charge < -0.3 is 14.8 Å². The molecule has 1 amide bonds. The number of hydrogen-bond donors (Lipinski definition) is 1. The predicted molar refractivity (Wildman–Crippen MR) is 102 cm³/mol. The van der Waals surface area contributed by atoms with E-state index in [1.165, 1.54) is 35.7 Å². The summed E-state index contributed by atoms with van der Waals surface area (Å²) in [6, 6.07) is 8.17. The Labute approximate surface area is 171 Å². The Balaban J connectivity index is 1.96. The fraction of sp³-hybridized carbons (Fsp3) is 0.316. The van der Waals surface area contributed by atoms with E-state index in [-0.39, 0.29) is 42.5 Å². The molecular formula is C19H19F3N2O5S. The third-order valence-electron chi connectivity index (χ3n) is 4.50. The molecule has 1 aliphatic heterocycles. The van der Waals surface area contributed by atoms with Crippen molar-refractivity contribution >= 4 is 21.6 Å². The van der Waals surface area contributed by atoms with Crippen LogP contribution in [-0.4, -0.2) is 52.0 Å². The highest BCUT2D eigenvalue weighted by molar-refractivity contribution is 7.89. The zero-order chi connectivity index (χ0) is 21.9. The van der Waals surface area contributed by atoms with Gasteiger partial charge in [0.05, 0.1) is 42.0 Å². The maximum absolute atomic E-state index is 13.2. The van der Waals surface area contributed by atoms with Gasteiger partial charge in [-0.05, 0) is 30.3 Å². The molecular weight excluding hydrogens is 425 g/mol. The van der Waals surface area contributed by atoms with Crippen molar-refractivity contribution in [1.82, 2.24) is 4.31 Å². The van der Waals surface area contributed by atoms with Crippen molar-refractivity contribution in [1.29, 1.82) is 0 Å². The number of nitrogens with zero attached hydrogens (tertiary/aromatic N) is 1. The van der Waals surface area contributed by atoms with Gasteiger partial charge in [-0.2, -0.15) is 17.5 Å². The van der Waals surface area contributed by atoms with Gasteiger partial charge in [-0.3, -0.25) is 4.79 Å². The van der Waals surface area contributed by atoms with Crippen LogP contribution in [0.3, 0.4) is 0 Å². The van der Waals surface area contributed by atoms with Crippen molar-refractivity contribution in [2.75, 3.05) is 38.7 Å². The molecule has 30 heavy (non-hydrogen) atoms. The molecule has 1 N–H and O–H groups in total. The summed E-state index contributed by atoms with van der Waals surface area (Å²) in [6.07, 6.45) is -4.67. The molecule has 0 radical (unpaired) electrons. The summed E-state index contributed by atoms with van der Waals surface area (Å²) >= 11 is 0. The quantitative estimate of drug-likeness (QED) is 0.767. The number of hydrogen-bond acceptors (Lipinski definition) is 5. The molecule has 0 aromatic heterocycles. The van der Waals surface area contributed by atoms with Crippen LogP contribution in [0, 0.1) is 0 Å². The topological polar surface area (TPSA) is 84.9 Å². The van der Waals surface area contributed by atoms with Crippen LogP contribution in [0.15, 0.2) is 47.4 Å². The van der Waals surface area contributed by atoms with E-state index in [1.807, 2.05) is 0 Å². The van der Waals surface area contributed by atoms with Gasteiger partial charge in [0, 0.05) is 13.1 Å². The van der Waals surface area contributed by atoms with Gasteiger partial charge in [-0.25, -0.2) is 8.42 Å². The van der Waals surface area contributed by atoms with Crippen molar-refractivity contribution in [3.63, 3.8) is 0 Å². The minimum absolute atomic E-state index is 0.0258. The number of halogens is 3. The number of methoxy groups -OCH3 is 1. The number of ether oxygens (including phenoxy) is 2.